The van der Waals surface area contributed by atoms with Gasteiger partial charge in [-0.15, -0.1) is 0 Å². The molecule has 3 fully saturated rings. The predicted octanol–water partition coefficient (Wildman–Crippen LogP) is 2.73. The van der Waals surface area contributed by atoms with Gasteiger partial charge in [0.25, 0.3) is 0 Å². The number of fused-ring (bicyclic) bond motifs is 2. The lowest BCUT2D eigenvalue weighted by molar-refractivity contribution is -0.136. The predicted molar refractivity (Wildman–Crippen MR) is 117 cm³/mol. The Kier molecular flexibility index (Phi) is 7.35. The first-order chi connectivity index (χ1) is 15.6. The lowest BCUT2D eigenvalue weighted by Crippen LogP contribution is -2.50. The van der Waals surface area contributed by atoms with Crippen LogP contribution < -0.4 is 5.73 Å². The average molecular weight is 489 g/mol. The first kappa shape index (κ1) is 24.5. The summed E-state index contributed by atoms with van der Waals surface area (Å²) in [5.41, 5.74) is 6.37. The zero-order valence-electron chi connectivity index (χ0n) is 18.5. The van der Waals surface area contributed by atoms with Gasteiger partial charge in [0.05, 0.1) is 17.6 Å². The highest BCUT2D eigenvalue weighted by molar-refractivity contribution is 7.91. The number of halogens is 3. The fourth-order valence-corrected chi connectivity index (χ4v) is 7.11. The zero-order chi connectivity index (χ0) is 23.8. The first-order valence-electron chi connectivity index (χ1n) is 11.6. The standard InChI is InChI=1S/C23H31F3N2O4S/c24-19-12-21(26)20(25)10-14(19)11-22(27)15-8-16-3-4-17(9-15)28(16)23(29)5-7-33(30,31)13-18-2-1-6-32-18/h10,12,15-18,22H,1-9,11,13,27H2/t15-,16+,17-,18?,22-/m1/s1. The second-order valence-corrected chi connectivity index (χ2v) is 11.9. The molecule has 10 heteroatoms. The second kappa shape index (κ2) is 9.92. The number of rotatable bonds is 8. The Hall–Kier alpha value is -1.65. The molecule has 4 rings (SSSR count). The molecule has 1 aromatic carbocycles. The molecule has 3 heterocycles. The maximum absolute atomic E-state index is 14.0. The van der Waals surface area contributed by atoms with Crippen LogP contribution in [0, 0.1) is 23.4 Å². The summed E-state index contributed by atoms with van der Waals surface area (Å²) in [7, 11) is -3.37. The Morgan fingerprint density at radius 3 is 2.39 bits per heavy atom. The van der Waals surface area contributed by atoms with E-state index in [1.165, 1.54) is 0 Å². The van der Waals surface area contributed by atoms with Crippen molar-refractivity contribution >= 4 is 15.7 Å². The van der Waals surface area contributed by atoms with E-state index >= 15 is 0 Å². The van der Waals surface area contributed by atoms with Gasteiger partial charge in [-0.25, -0.2) is 21.6 Å². The van der Waals surface area contributed by atoms with Crippen molar-refractivity contribution in [2.45, 2.75) is 75.6 Å². The second-order valence-electron chi connectivity index (χ2n) is 9.64. The average Bonchev–Trinajstić information content (AvgIpc) is 3.35. The number of nitrogens with zero attached hydrogens (tertiary/aromatic N) is 1. The lowest BCUT2D eigenvalue weighted by Gasteiger charge is -2.41. The number of hydrogen-bond donors (Lipinski definition) is 1. The molecular formula is C23H31F3N2O4S. The van der Waals surface area contributed by atoms with Crippen molar-refractivity contribution in [2.24, 2.45) is 11.7 Å². The molecule has 3 aliphatic heterocycles. The summed E-state index contributed by atoms with van der Waals surface area (Å²) in [5.74, 6) is -3.51. The van der Waals surface area contributed by atoms with Crippen LogP contribution in [0.1, 0.15) is 50.5 Å². The van der Waals surface area contributed by atoms with Gasteiger partial charge in [-0.05, 0) is 62.5 Å². The minimum Gasteiger partial charge on any atom is -0.377 e. The van der Waals surface area contributed by atoms with Gasteiger partial charge in [0.1, 0.15) is 5.82 Å². The van der Waals surface area contributed by atoms with Crippen molar-refractivity contribution in [2.75, 3.05) is 18.1 Å². The van der Waals surface area contributed by atoms with Crippen molar-refractivity contribution in [1.82, 2.24) is 4.90 Å². The molecule has 5 atom stereocenters. The van der Waals surface area contributed by atoms with E-state index in [1.807, 2.05) is 4.90 Å². The molecule has 1 aromatic rings. The molecule has 0 saturated carbocycles. The van der Waals surface area contributed by atoms with Gasteiger partial charge in [0.2, 0.25) is 5.91 Å². The minimum absolute atomic E-state index is 0.0160. The Morgan fingerprint density at radius 2 is 1.76 bits per heavy atom. The number of nitrogens with two attached hydrogens (primary N) is 1. The van der Waals surface area contributed by atoms with Crippen LogP contribution in [-0.4, -0.2) is 61.6 Å². The smallest absolute Gasteiger partial charge is 0.224 e. The maximum atomic E-state index is 14.0. The quantitative estimate of drug-likeness (QED) is 0.569. The van der Waals surface area contributed by atoms with Gasteiger partial charge in [0.15, 0.2) is 21.5 Å². The molecule has 1 unspecified atom stereocenters. The van der Waals surface area contributed by atoms with E-state index < -0.39 is 33.3 Å². The van der Waals surface area contributed by atoms with Crippen LogP contribution in [0.4, 0.5) is 13.2 Å². The molecule has 3 saturated heterocycles. The van der Waals surface area contributed by atoms with Crippen molar-refractivity contribution in [3.63, 3.8) is 0 Å². The molecule has 0 aromatic heterocycles. The van der Waals surface area contributed by atoms with Crippen LogP contribution >= 0.6 is 0 Å². The van der Waals surface area contributed by atoms with E-state index in [9.17, 15) is 26.4 Å². The summed E-state index contributed by atoms with van der Waals surface area (Å²) >= 11 is 0. The van der Waals surface area contributed by atoms with Gasteiger partial charge < -0.3 is 15.4 Å². The highest BCUT2D eigenvalue weighted by Crippen LogP contribution is 2.40. The highest BCUT2D eigenvalue weighted by Gasteiger charge is 2.44. The van der Waals surface area contributed by atoms with Gasteiger partial charge in [0, 0.05) is 37.2 Å². The topological polar surface area (TPSA) is 89.7 Å². The monoisotopic (exact) mass is 488 g/mol. The van der Waals surface area contributed by atoms with Crippen molar-refractivity contribution in [3.05, 3.63) is 35.1 Å². The highest BCUT2D eigenvalue weighted by atomic mass is 32.2. The van der Waals surface area contributed by atoms with E-state index in [4.69, 9.17) is 10.5 Å². The van der Waals surface area contributed by atoms with E-state index in [0.717, 1.165) is 31.7 Å². The van der Waals surface area contributed by atoms with Gasteiger partial charge in [-0.2, -0.15) is 0 Å². The molecular weight excluding hydrogens is 457 g/mol. The van der Waals surface area contributed by atoms with Crippen LogP contribution in [0.2, 0.25) is 0 Å². The molecule has 0 aliphatic carbocycles. The SMILES string of the molecule is N[C@H](Cc1cc(F)c(F)cc1F)[C@H]1C[C@H]2CC[C@@H](C1)N2C(=O)CCS(=O)(=O)CC1CCCO1. The van der Waals surface area contributed by atoms with Gasteiger partial charge in [-0.1, -0.05) is 0 Å². The Balaban J connectivity index is 1.32. The number of ether oxygens (including phenoxy) is 1. The van der Waals surface area contributed by atoms with Crippen LogP contribution in [0.15, 0.2) is 12.1 Å². The Labute approximate surface area is 192 Å². The third-order valence-corrected chi connectivity index (χ3v) is 9.00. The molecule has 0 spiro atoms. The van der Waals surface area contributed by atoms with Crippen molar-refractivity contribution < 1.29 is 31.1 Å². The van der Waals surface area contributed by atoms with Gasteiger partial charge in [-0.3, -0.25) is 4.79 Å². The molecule has 33 heavy (non-hydrogen) atoms. The molecule has 184 valence electrons. The fraction of sp³-hybridized carbons (Fsp3) is 0.696. The summed E-state index contributed by atoms with van der Waals surface area (Å²) < 4.78 is 70.9. The Morgan fingerprint density at radius 1 is 1.09 bits per heavy atom. The largest absolute Gasteiger partial charge is 0.377 e. The number of carbonyl (C=O) groups is 1. The zero-order valence-corrected chi connectivity index (χ0v) is 19.3. The van der Waals surface area contributed by atoms with Crippen LogP contribution in [0.25, 0.3) is 0 Å². The number of benzene rings is 1. The molecule has 1 amide bonds. The molecule has 6 nitrogen and oxygen atoms in total. The summed E-state index contributed by atoms with van der Waals surface area (Å²) in [6.07, 6.45) is 4.29. The van der Waals surface area contributed by atoms with Gasteiger partial charge >= 0.3 is 0 Å². The van der Waals surface area contributed by atoms with E-state index in [1.54, 1.807) is 0 Å². The number of hydrogen-bond acceptors (Lipinski definition) is 5. The normalized spacial score (nSPS) is 28.3. The van der Waals surface area contributed by atoms with Crippen LogP contribution in [0.3, 0.4) is 0 Å². The third-order valence-electron chi connectivity index (χ3n) is 7.30. The number of sulfone groups is 1. The molecule has 0 radical (unpaired) electrons. The molecule has 3 aliphatic rings. The van der Waals surface area contributed by atoms with E-state index in [-0.39, 0.29) is 59.9 Å². The first-order valence-corrected chi connectivity index (χ1v) is 13.5. The summed E-state index contributed by atoms with van der Waals surface area (Å²) in [4.78, 5) is 14.7. The van der Waals surface area contributed by atoms with Crippen LogP contribution in [-0.2, 0) is 25.8 Å². The van der Waals surface area contributed by atoms with Crippen LogP contribution in [0.5, 0.6) is 0 Å². The Bertz CT molecular complexity index is 970. The number of carbonyl (C=O) groups excluding carboxylic acids is 1. The van der Waals surface area contributed by atoms with E-state index in [0.29, 0.717) is 25.5 Å². The third kappa shape index (κ3) is 5.71. The fourth-order valence-electron chi connectivity index (χ4n) is 5.63. The maximum Gasteiger partial charge on any atom is 0.224 e. The minimum atomic E-state index is -3.37. The van der Waals surface area contributed by atoms with Crippen molar-refractivity contribution in [1.29, 1.82) is 0 Å². The number of amides is 1. The lowest BCUT2D eigenvalue weighted by atomic mass is 9.82. The van der Waals surface area contributed by atoms with E-state index in [2.05, 4.69) is 0 Å². The number of piperidine rings is 1. The summed E-state index contributed by atoms with van der Waals surface area (Å²) in [5, 5.41) is 0. The summed E-state index contributed by atoms with van der Waals surface area (Å²) in [6.45, 7) is 0.586. The van der Waals surface area contributed by atoms with Crippen molar-refractivity contribution in [3.8, 4) is 0 Å². The summed E-state index contributed by atoms with van der Waals surface area (Å²) in [6, 6.07) is 0.895. The molecule has 2 bridgehead atoms. The molecule has 2 N–H and O–H groups in total.